The topological polar surface area (TPSA) is 54.9 Å². The molecule has 0 unspecified atom stereocenters. The Balaban J connectivity index is 1.74. The van der Waals surface area contributed by atoms with E-state index in [0.29, 0.717) is 5.03 Å². The summed E-state index contributed by atoms with van der Waals surface area (Å²) in [5.74, 6) is -0.644. The second kappa shape index (κ2) is 8.04. The van der Waals surface area contributed by atoms with Crippen molar-refractivity contribution in [1.82, 2.24) is 9.97 Å². The first-order valence-corrected chi connectivity index (χ1v) is 9.98. The molecule has 0 aliphatic heterocycles. The molecule has 2 aromatic heterocycles. The first-order chi connectivity index (χ1) is 12.8. The number of anilines is 1. The van der Waals surface area contributed by atoms with Crippen LogP contribution in [0.15, 0.2) is 35.6 Å². The lowest BCUT2D eigenvalue weighted by molar-refractivity contribution is -0.137. The quantitative estimate of drug-likeness (QED) is 0.418. The fourth-order valence-corrected chi connectivity index (χ4v) is 4.30. The minimum Gasteiger partial charge on any atom is -0.325 e. The Bertz CT molecular complexity index is 991. The number of aryl methyl sites for hydroxylation is 1. The number of carbonyl (C=O) groups excluding carboxylic acids is 1. The summed E-state index contributed by atoms with van der Waals surface area (Å²) in [6.45, 7) is 2.03. The number of amides is 1. The van der Waals surface area contributed by atoms with Crippen LogP contribution in [0.5, 0.6) is 0 Å². The Morgan fingerprint density at radius 1 is 1.30 bits per heavy atom. The Labute approximate surface area is 166 Å². The van der Waals surface area contributed by atoms with Crippen molar-refractivity contribution in [2.75, 3.05) is 11.1 Å². The second-order valence-electron chi connectivity index (χ2n) is 5.49. The molecule has 0 saturated carbocycles. The highest BCUT2D eigenvalue weighted by Crippen LogP contribution is 2.37. The van der Waals surface area contributed by atoms with E-state index >= 15 is 0 Å². The van der Waals surface area contributed by atoms with Gasteiger partial charge in [-0.3, -0.25) is 4.79 Å². The van der Waals surface area contributed by atoms with Crippen molar-refractivity contribution in [3.05, 3.63) is 46.1 Å². The van der Waals surface area contributed by atoms with Crippen LogP contribution in [-0.4, -0.2) is 21.6 Å². The predicted octanol–water partition coefficient (Wildman–Crippen LogP) is 5.66. The number of fused-ring (bicyclic) bond motifs is 1. The Morgan fingerprint density at radius 3 is 2.78 bits per heavy atom. The van der Waals surface area contributed by atoms with E-state index < -0.39 is 17.6 Å². The number of aromatic nitrogens is 2. The summed E-state index contributed by atoms with van der Waals surface area (Å²) in [4.78, 5) is 22.5. The Kier molecular flexibility index (Phi) is 5.92. The van der Waals surface area contributed by atoms with Crippen LogP contribution >= 0.6 is 34.7 Å². The number of nitrogens with one attached hydrogen (secondary N) is 1. The van der Waals surface area contributed by atoms with Gasteiger partial charge >= 0.3 is 6.18 Å². The lowest BCUT2D eigenvalue weighted by atomic mass is 10.1. The third kappa shape index (κ3) is 4.72. The molecule has 3 aromatic rings. The van der Waals surface area contributed by atoms with Crippen molar-refractivity contribution in [3.8, 4) is 0 Å². The van der Waals surface area contributed by atoms with Crippen molar-refractivity contribution in [2.45, 2.75) is 24.5 Å². The van der Waals surface area contributed by atoms with Gasteiger partial charge in [0.1, 0.15) is 16.2 Å². The average Bonchev–Trinajstić information content (AvgIpc) is 3.04. The summed E-state index contributed by atoms with van der Waals surface area (Å²) in [5.41, 5.74) is -1.31. The normalized spacial score (nSPS) is 11.7. The van der Waals surface area contributed by atoms with E-state index in [0.717, 1.165) is 45.4 Å². The fourth-order valence-electron chi connectivity index (χ4n) is 2.35. The maximum Gasteiger partial charge on any atom is 0.418 e. The summed E-state index contributed by atoms with van der Waals surface area (Å²) in [7, 11) is 0. The highest BCUT2D eigenvalue weighted by atomic mass is 35.5. The number of benzene rings is 1. The molecule has 0 bridgehead atoms. The lowest BCUT2D eigenvalue weighted by Gasteiger charge is -2.14. The summed E-state index contributed by atoms with van der Waals surface area (Å²) in [6.07, 6.45) is -2.34. The van der Waals surface area contributed by atoms with Crippen molar-refractivity contribution in [3.63, 3.8) is 0 Å². The molecule has 1 aromatic carbocycles. The molecule has 0 fully saturated rings. The molecule has 2 heterocycles. The van der Waals surface area contributed by atoms with Gasteiger partial charge in [0.05, 0.1) is 17.0 Å². The van der Waals surface area contributed by atoms with Crippen LogP contribution in [0.25, 0.3) is 10.2 Å². The van der Waals surface area contributed by atoms with Gasteiger partial charge in [0.25, 0.3) is 0 Å². The molecule has 1 amide bonds. The van der Waals surface area contributed by atoms with Gasteiger partial charge in [-0.05, 0) is 30.7 Å². The predicted molar refractivity (Wildman–Crippen MR) is 103 cm³/mol. The molecule has 10 heteroatoms. The molecular formula is C17H13ClF3N3OS2. The number of carbonyl (C=O) groups is 1. The largest absolute Gasteiger partial charge is 0.418 e. The zero-order valence-electron chi connectivity index (χ0n) is 13.9. The standard InChI is InChI=1S/C17H13ClF3N3OS2/c1-2-10-6-11-15(22-8-23-16(11)27-10)26-7-14(25)24-13-4-3-9(18)5-12(13)17(19,20)21/h3-6,8H,2,7H2,1H3,(H,24,25). The second-order valence-corrected chi connectivity index (χ2v) is 8.00. The van der Waals surface area contributed by atoms with Gasteiger partial charge in [-0.25, -0.2) is 9.97 Å². The van der Waals surface area contributed by atoms with Crippen LogP contribution in [-0.2, 0) is 17.4 Å². The van der Waals surface area contributed by atoms with Crippen molar-refractivity contribution >= 4 is 56.5 Å². The van der Waals surface area contributed by atoms with Gasteiger partial charge in [-0.2, -0.15) is 13.2 Å². The maximum absolute atomic E-state index is 13.1. The number of hydrogen-bond donors (Lipinski definition) is 1. The molecule has 0 atom stereocenters. The Morgan fingerprint density at radius 2 is 2.07 bits per heavy atom. The number of halogens is 4. The molecule has 4 nitrogen and oxygen atoms in total. The highest BCUT2D eigenvalue weighted by molar-refractivity contribution is 8.00. The molecule has 1 N–H and O–H groups in total. The monoisotopic (exact) mass is 431 g/mol. The number of alkyl halides is 3. The zero-order chi connectivity index (χ0) is 19.6. The molecule has 0 saturated heterocycles. The molecule has 0 spiro atoms. The first-order valence-electron chi connectivity index (χ1n) is 7.80. The van der Waals surface area contributed by atoms with Gasteiger partial charge in [0.15, 0.2) is 0 Å². The minimum absolute atomic E-state index is 0.0535. The van der Waals surface area contributed by atoms with Crippen LogP contribution in [0.1, 0.15) is 17.4 Å². The Hall–Kier alpha value is -1.84. The first kappa shape index (κ1) is 19.9. The van der Waals surface area contributed by atoms with Gasteiger partial charge in [0, 0.05) is 15.3 Å². The molecule has 3 rings (SSSR count). The smallest absolute Gasteiger partial charge is 0.325 e. The van der Waals surface area contributed by atoms with Crippen LogP contribution in [0.4, 0.5) is 18.9 Å². The summed E-state index contributed by atoms with van der Waals surface area (Å²) >= 11 is 8.35. The van der Waals surface area contributed by atoms with E-state index in [-0.39, 0.29) is 16.5 Å². The number of rotatable bonds is 5. The maximum atomic E-state index is 13.1. The van der Waals surface area contributed by atoms with Crippen LogP contribution in [0.3, 0.4) is 0 Å². The summed E-state index contributed by atoms with van der Waals surface area (Å²) in [6, 6.07) is 5.20. The summed E-state index contributed by atoms with van der Waals surface area (Å²) in [5, 5.41) is 3.72. The SMILES string of the molecule is CCc1cc2c(SCC(=O)Nc3ccc(Cl)cc3C(F)(F)F)ncnc2s1. The molecule has 142 valence electrons. The van der Waals surface area contributed by atoms with Crippen molar-refractivity contribution < 1.29 is 18.0 Å². The average molecular weight is 432 g/mol. The van der Waals surface area contributed by atoms with Gasteiger partial charge in [-0.15, -0.1) is 11.3 Å². The molecule has 0 aliphatic carbocycles. The molecule has 0 aliphatic rings. The number of nitrogens with zero attached hydrogens (tertiary/aromatic N) is 2. The lowest BCUT2D eigenvalue weighted by Crippen LogP contribution is -2.18. The van der Waals surface area contributed by atoms with Crippen LogP contribution in [0, 0.1) is 0 Å². The minimum atomic E-state index is -4.62. The van der Waals surface area contributed by atoms with Crippen molar-refractivity contribution in [1.29, 1.82) is 0 Å². The molecular weight excluding hydrogens is 419 g/mol. The number of thiophene rings is 1. The van der Waals surface area contributed by atoms with Gasteiger partial charge in [0.2, 0.25) is 5.91 Å². The number of hydrogen-bond acceptors (Lipinski definition) is 5. The van der Waals surface area contributed by atoms with E-state index in [1.807, 2.05) is 13.0 Å². The fraction of sp³-hybridized carbons (Fsp3) is 0.235. The van der Waals surface area contributed by atoms with E-state index in [2.05, 4.69) is 15.3 Å². The third-order valence-electron chi connectivity index (χ3n) is 3.59. The van der Waals surface area contributed by atoms with Gasteiger partial charge < -0.3 is 5.32 Å². The number of thioether (sulfide) groups is 1. The molecule has 27 heavy (non-hydrogen) atoms. The van der Waals surface area contributed by atoms with E-state index in [1.165, 1.54) is 12.4 Å². The van der Waals surface area contributed by atoms with Crippen molar-refractivity contribution in [2.24, 2.45) is 0 Å². The van der Waals surface area contributed by atoms with E-state index in [4.69, 9.17) is 11.6 Å². The zero-order valence-corrected chi connectivity index (χ0v) is 16.3. The van der Waals surface area contributed by atoms with Gasteiger partial charge in [-0.1, -0.05) is 30.3 Å². The molecule has 0 radical (unpaired) electrons. The van der Waals surface area contributed by atoms with E-state index in [1.54, 1.807) is 11.3 Å². The van der Waals surface area contributed by atoms with E-state index in [9.17, 15) is 18.0 Å². The van der Waals surface area contributed by atoms with Crippen LogP contribution < -0.4 is 5.32 Å². The van der Waals surface area contributed by atoms with Crippen LogP contribution in [0.2, 0.25) is 5.02 Å². The highest BCUT2D eigenvalue weighted by Gasteiger charge is 2.34. The summed E-state index contributed by atoms with van der Waals surface area (Å²) < 4.78 is 39.3. The third-order valence-corrected chi connectivity index (χ3v) is 6.02.